The van der Waals surface area contributed by atoms with Gasteiger partial charge in [-0.25, -0.2) is 0 Å². The van der Waals surface area contributed by atoms with Crippen molar-refractivity contribution < 1.29 is 9.59 Å². The smallest absolute Gasteiger partial charge is 0.224 e. The number of likely N-dealkylation sites (tertiary alicyclic amines) is 1. The first-order chi connectivity index (χ1) is 10.1. The number of hydrogen-bond acceptors (Lipinski definition) is 2. The van der Waals surface area contributed by atoms with Crippen molar-refractivity contribution in [2.24, 2.45) is 0 Å². The molecule has 1 fully saturated rings. The zero-order chi connectivity index (χ0) is 15.2. The molecule has 21 heavy (non-hydrogen) atoms. The molecule has 0 aromatic heterocycles. The third kappa shape index (κ3) is 4.59. The number of rotatable bonds is 5. The predicted molar refractivity (Wildman–Crippen MR) is 82.7 cm³/mol. The monoisotopic (exact) mass is 288 g/mol. The largest absolute Gasteiger partial charge is 0.343 e. The fraction of sp³-hybridized carbons (Fsp3) is 0.529. The van der Waals surface area contributed by atoms with E-state index in [9.17, 15) is 9.59 Å². The van der Waals surface area contributed by atoms with Crippen molar-refractivity contribution in [1.82, 2.24) is 9.80 Å². The van der Waals surface area contributed by atoms with Crippen LogP contribution < -0.4 is 0 Å². The van der Waals surface area contributed by atoms with Gasteiger partial charge in [-0.1, -0.05) is 29.8 Å². The van der Waals surface area contributed by atoms with Crippen molar-refractivity contribution in [2.75, 3.05) is 19.6 Å². The fourth-order valence-corrected chi connectivity index (χ4v) is 2.73. The van der Waals surface area contributed by atoms with Gasteiger partial charge in [0.2, 0.25) is 11.8 Å². The average molecular weight is 288 g/mol. The highest BCUT2D eigenvalue weighted by molar-refractivity contribution is 5.78. The molecule has 1 aromatic rings. The molecule has 0 spiro atoms. The van der Waals surface area contributed by atoms with Crippen molar-refractivity contribution in [2.45, 2.75) is 39.7 Å². The molecule has 1 heterocycles. The first kappa shape index (κ1) is 15.5. The van der Waals surface area contributed by atoms with E-state index in [4.69, 9.17) is 0 Å². The quantitative estimate of drug-likeness (QED) is 0.834. The van der Waals surface area contributed by atoms with Crippen molar-refractivity contribution >= 4 is 11.8 Å². The van der Waals surface area contributed by atoms with Gasteiger partial charge in [0.25, 0.3) is 0 Å². The maximum atomic E-state index is 12.1. The van der Waals surface area contributed by atoms with E-state index >= 15 is 0 Å². The Labute approximate surface area is 126 Å². The van der Waals surface area contributed by atoms with Crippen LogP contribution in [0.3, 0.4) is 0 Å². The molecule has 0 radical (unpaired) electrons. The lowest BCUT2D eigenvalue weighted by Gasteiger charge is -2.23. The molecule has 2 amide bonds. The summed E-state index contributed by atoms with van der Waals surface area (Å²) in [5.41, 5.74) is 2.29. The van der Waals surface area contributed by atoms with Crippen LogP contribution in [0.25, 0.3) is 0 Å². The molecule has 2 rings (SSSR count). The van der Waals surface area contributed by atoms with E-state index in [2.05, 4.69) is 6.07 Å². The van der Waals surface area contributed by atoms with E-state index in [0.29, 0.717) is 19.5 Å². The van der Waals surface area contributed by atoms with Gasteiger partial charge in [0.05, 0.1) is 0 Å². The molecule has 0 bridgehead atoms. The van der Waals surface area contributed by atoms with Gasteiger partial charge in [0, 0.05) is 39.5 Å². The molecular formula is C17H24N2O2. The van der Waals surface area contributed by atoms with Crippen molar-refractivity contribution in [1.29, 1.82) is 0 Å². The van der Waals surface area contributed by atoms with Crippen molar-refractivity contribution in [3.63, 3.8) is 0 Å². The maximum Gasteiger partial charge on any atom is 0.224 e. The highest BCUT2D eigenvalue weighted by atomic mass is 16.2. The topological polar surface area (TPSA) is 40.6 Å². The van der Waals surface area contributed by atoms with E-state index in [1.165, 1.54) is 5.56 Å². The zero-order valence-corrected chi connectivity index (χ0v) is 13.0. The molecule has 0 aliphatic carbocycles. The van der Waals surface area contributed by atoms with Gasteiger partial charge >= 0.3 is 0 Å². The third-order valence-corrected chi connectivity index (χ3v) is 3.96. The molecule has 0 N–H and O–H groups in total. The Bertz CT molecular complexity index is 507. The summed E-state index contributed by atoms with van der Waals surface area (Å²) < 4.78 is 0. The summed E-state index contributed by atoms with van der Waals surface area (Å²) in [6.45, 7) is 6.42. The molecule has 114 valence electrons. The van der Waals surface area contributed by atoms with Gasteiger partial charge in [-0.05, 0) is 25.3 Å². The second-order valence-electron chi connectivity index (χ2n) is 5.77. The van der Waals surface area contributed by atoms with Gasteiger partial charge in [0.15, 0.2) is 0 Å². The molecule has 1 saturated heterocycles. The van der Waals surface area contributed by atoms with Crippen LogP contribution in [0.1, 0.15) is 37.3 Å². The summed E-state index contributed by atoms with van der Waals surface area (Å²) in [5, 5.41) is 0. The molecule has 0 atom stereocenters. The van der Waals surface area contributed by atoms with Crippen LogP contribution in [0.4, 0.5) is 0 Å². The standard InChI is InChI=1S/C17H24N2O2/c1-14-6-5-7-16(12-14)13-19(15(2)20)11-8-17(21)18-9-3-4-10-18/h5-7,12H,3-4,8-11,13H2,1-2H3. The number of carbonyl (C=O) groups is 2. The number of hydrogen-bond donors (Lipinski definition) is 0. The molecule has 1 aliphatic heterocycles. The molecule has 0 saturated carbocycles. The molecule has 1 aromatic carbocycles. The Balaban J connectivity index is 1.90. The minimum Gasteiger partial charge on any atom is -0.343 e. The van der Waals surface area contributed by atoms with Crippen LogP contribution in [-0.2, 0) is 16.1 Å². The molecular weight excluding hydrogens is 264 g/mol. The summed E-state index contributed by atoms with van der Waals surface area (Å²) in [6.07, 6.45) is 2.63. The van der Waals surface area contributed by atoms with Gasteiger partial charge in [-0.3, -0.25) is 9.59 Å². The summed E-state index contributed by atoms with van der Waals surface area (Å²) in [7, 11) is 0. The summed E-state index contributed by atoms with van der Waals surface area (Å²) >= 11 is 0. The predicted octanol–water partition coefficient (Wildman–Crippen LogP) is 2.36. The van der Waals surface area contributed by atoms with E-state index < -0.39 is 0 Å². The van der Waals surface area contributed by atoms with Crippen molar-refractivity contribution in [3.8, 4) is 0 Å². The van der Waals surface area contributed by atoms with E-state index in [0.717, 1.165) is 31.5 Å². The van der Waals surface area contributed by atoms with Crippen LogP contribution in [0, 0.1) is 6.92 Å². The lowest BCUT2D eigenvalue weighted by atomic mass is 10.1. The second kappa shape index (κ2) is 7.25. The van der Waals surface area contributed by atoms with Crippen LogP contribution >= 0.6 is 0 Å². The van der Waals surface area contributed by atoms with Crippen LogP contribution in [0.5, 0.6) is 0 Å². The highest BCUT2D eigenvalue weighted by Gasteiger charge is 2.19. The average Bonchev–Trinajstić information content (AvgIpc) is 2.97. The fourth-order valence-electron chi connectivity index (χ4n) is 2.73. The van der Waals surface area contributed by atoms with E-state index in [-0.39, 0.29) is 11.8 Å². The first-order valence-corrected chi connectivity index (χ1v) is 7.65. The Morgan fingerprint density at radius 3 is 2.57 bits per heavy atom. The molecule has 1 aliphatic rings. The zero-order valence-electron chi connectivity index (χ0n) is 13.0. The Morgan fingerprint density at radius 2 is 1.95 bits per heavy atom. The molecule has 4 nitrogen and oxygen atoms in total. The van der Waals surface area contributed by atoms with Gasteiger partial charge in [0.1, 0.15) is 0 Å². The summed E-state index contributed by atoms with van der Waals surface area (Å²) in [5.74, 6) is 0.189. The van der Waals surface area contributed by atoms with Gasteiger partial charge < -0.3 is 9.80 Å². The van der Waals surface area contributed by atoms with Crippen molar-refractivity contribution in [3.05, 3.63) is 35.4 Å². The Hall–Kier alpha value is -1.84. The normalized spacial score (nSPS) is 14.3. The first-order valence-electron chi connectivity index (χ1n) is 7.65. The van der Waals surface area contributed by atoms with Crippen LogP contribution in [0.15, 0.2) is 24.3 Å². The number of aryl methyl sites for hydroxylation is 1. The Kier molecular flexibility index (Phi) is 5.37. The second-order valence-corrected chi connectivity index (χ2v) is 5.77. The molecule has 0 unspecified atom stereocenters. The van der Waals surface area contributed by atoms with Crippen LogP contribution in [0.2, 0.25) is 0 Å². The third-order valence-electron chi connectivity index (χ3n) is 3.96. The maximum absolute atomic E-state index is 12.1. The SMILES string of the molecule is CC(=O)N(CCC(=O)N1CCCC1)Cc1cccc(C)c1. The minimum absolute atomic E-state index is 0.0192. The number of carbonyl (C=O) groups excluding carboxylic acids is 2. The summed E-state index contributed by atoms with van der Waals surface area (Å²) in [6, 6.07) is 8.14. The van der Waals surface area contributed by atoms with Gasteiger partial charge in [-0.15, -0.1) is 0 Å². The number of amides is 2. The Morgan fingerprint density at radius 1 is 1.24 bits per heavy atom. The lowest BCUT2D eigenvalue weighted by molar-refractivity contribution is -0.133. The number of benzene rings is 1. The van der Waals surface area contributed by atoms with E-state index in [1.807, 2.05) is 30.0 Å². The molecule has 4 heteroatoms. The van der Waals surface area contributed by atoms with Crippen LogP contribution in [-0.4, -0.2) is 41.2 Å². The lowest BCUT2D eigenvalue weighted by Crippen LogP contribution is -2.34. The minimum atomic E-state index is 0.0192. The van der Waals surface area contributed by atoms with Gasteiger partial charge in [-0.2, -0.15) is 0 Å². The van der Waals surface area contributed by atoms with E-state index in [1.54, 1.807) is 11.8 Å². The number of nitrogens with zero attached hydrogens (tertiary/aromatic N) is 2. The highest BCUT2D eigenvalue weighted by Crippen LogP contribution is 2.11. The summed E-state index contributed by atoms with van der Waals surface area (Å²) in [4.78, 5) is 27.5.